The van der Waals surface area contributed by atoms with Crippen LogP contribution in [0, 0.1) is 6.92 Å². The van der Waals surface area contributed by atoms with Crippen molar-refractivity contribution in [1.29, 1.82) is 0 Å². The summed E-state index contributed by atoms with van der Waals surface area (Å²) in [5.41, 5.74) is 0.683. The molecule has 2 aromatic heterocycles. The molecule has 1 N–H and O–H groups in total. The number of rotatable bonds is 4. The quantitative estimate of drug-likeness (QED) is 0.644. The van der Waals surface area contributed by atoms with E-state index in [1.807, 2.05) is 0 Å². The average Bonchev–Trinajstić information content (AvgIpc) is 3.07. The average molecular weight is 467 g/mol. The fourth-order valence-electron chi connectivity index (χ4n) is 3.56. The molecular weight excluding hydrogens is 448 g/mol. The molecule has 1 aliphatic heterocycles. The Hall–Kier alpha value is -2.15. The van der Waals surface area contributed by atoms with Crippen molar-refractivity contribution in [3.8, 4) is 10.8 Å². The van der Waals surface area contributed by atoms with Crippen LogP contribution in [0.15, 0.2) is 11.4 Å². The SMILES string of the molecule is Cc1csc(-c2nc(NC3CCC(F)(F)CC3)cc(N3CC(F)(F)OC(F)(F)C3)n2)n1. The van der Waals surface area contributed by atoms with Crippen LogP contribution in [0.3, 0.4) is 0 Å². The standard InChI is InChI=1S/C18H19F6N5OS/c1-10-7-31-15(25-10)14-27-12(26-11-2-4-16(19,20)5-3-11)6-13(28-14)29-8-17(21,22)30-18(23,24)9-29/h6-7,11H,2-5,8-9H2,1H3,(H,26,27,28). The zero-order chi connectivity index (χ0) is 22.4. The number of anilines is 2. The maximum absolute atomic E-state index is 13.7. The highest BCUT2D eigenvalue weighted by Gasteiger charge is 2.52. The lowest BCUT2D eigenvalue weighted by atomic mass is 9.92. The molecule has 0 unspecified atom stereocenters. The summed E-state index contributed by atoms with van der Waals surface area (Å²) >= 11 is 1.21. The number of ether oxygens (including phenoxy) is 1. The molecule has 0 aromatic carbocycles. The lowest BCUT2D eigenvalue weighted by molar-refractivity contribution is -0.380. The number of aryl methyl sites for hydroxylation is 1. The number of thiazole rings is 1. The fraction of sp³-hybridized carbons (Fsp3) is 0.611. The minimum absolute atomic E-state index is 0.0670. The number of nitrogens with one attached hydrogen (secondary N) is 1. The van der Waals surface area contributed by atoms with Crippen LogP contribution in [0.4, 0.5) is 38.0 Å². The highest BCUT2D eigenvalue weighted by molar-refractivity contribution is 7.13. The second-order valence-electron chi connectivity index (χ2n) is 7.74. The summed E-state index contributed by atoms with van der Waals surface area (Å²) < 4.78 is 85.3. The minimum atomic E-state index is -4.08. The Kier molecular flexibility index (Phi) is 5.53. The highest BCUT2D eigenvalue weighted by Crippen LogP contribution is 2.37. The van der Waals surface area contributed by atoms with E-state index in [2.05, 4.69) is 25.0 Å². The Morgan fingerprint density at radius 1 is 1.03 bits per heavy atom. The molecule has 0 amide bonds. The van der Waals surface area contributed by atoms with E-state index in [-0.39, 0.29) is 49.2 Å². The van der Waals surface area contributed by atoms with Gasteiger partial charge in [-0.05, 0) is 19.8 Å². The Morgan fingerprint density at radius 2 is 1.68 bits per heavy atom. The minimum Gasteiger partial charge on any atom is -0.367 e. The molecule has 3 heterocycles. The van der Waals surface area contributed by atoms with Crippen molar-refractivity contribution in [1.82, 2.24) is 15.0 Å². The fourth-order valence-corrected chi connectivity index (χ4v) is 4.29. The number of alkyl halides is 6. The molecule has 0 spiro atoms. The summed E-state index contributed by atoms with van der Waals surface area (Å²) in [5, 5.41) is 5.13. The first-order valence-electron chi connectivity index (χ1n) is 9.57. The van der Waals surface area contributed by atoms with Gasteiger partial charge < -0.3 is 10.2 Å². The molecule has 2 aromatic rings. The first-order valence-corrected chi connectivity index (χ1v) is 10.4. The second kappa shape index (κ2) is 7.76. The second-order valence-corrected chi connectivity index (χ2v) is 8.59. The van der Waals surface area contributed by atoms with Crippen molar-refractivity contribution in [2.75, 3.05) is 23.3 Å². The molecule has 4 rings (SSSR count). The van der Waals surface area contributed by atoms with Crippen molar-refractivity contribution in [2.24, 2.45) is 0 Å². The Balaban J connectivity index is 1.65. The summed E-state index contributed by atoms with van der Waals surface area (Å²) in [6.07, 6.45) is -8.36. The lowest BCUT2D eigenvalue weighted by Gasteiger charge is -2.37. The summed E-state index contributed by atoms with van der Waals surface area (Å²) in [6.45, 7) is -0.496. The predicted octanol–water partition coefficient (Wildman–Crippen LogP) is 4.92. The summed E-state index contributed by atoms with van der Waals surface area (Å²) in [4.78, 5) is 13.5. The molecule has 1 aliphatic carbocycles. The number of morpholine rings is 1. The van der Waals surface area contributed by atoms with Crippen molar-refractivity contribution in [3.63, 3.8) is 0 Å². The van der Waals surface area contributed by atoms with Crippen LogP contribution in [0.5, 0.6) is 0 Å². The predicted molar refractivity (Wildman–Crippen MR) is 102 cm³/mol. The normalized spacial score (nSPS) is 23.0. The van der Waals surface area contributed by atoms with Gasteiger partial charge in [0.05, 0.1) is 0 Å². The van der Waals surface area contributed by atoms with Gasteiger partial charge >= 0.3 is 12.2 Å². The first kappa shape index (κ1) is 22.1. The summed E-state index contributed by atoms with van der Waals surface area (Å²) in [5.74, 6) is -2.65. The van der Waals surface area contributed by atoms with E-state index < -0.39 is 31.2 Å². The highest BCUT2D eigenvalue weighted by atomic mass is 32.1. The maximum Gasteiger partial charge on any atom is 0.377 e. The van der Waals surface area contributed by atoms with Gasteiger partial charge in [-0.2, -0.15) is 17.6 Å². The lowest BCUT2D eigenvalue weighted by Crippen LogP contribution is -2.55. The van der Waals surface area contributed by atoms with Gasteiger partial charge in [0.2, 0.25) is 5.92 Å². The molecule has 2 fully saturated rings. The third-order valence-electron chi connectivity index (χ3n) is 4.96. The Bertz CT molecular complexity index is 929. The van der Waals surface area contributed by atoms with Gasteiger partial charge in [-0.15, -0.1) is 11.3 Å². The van der Waals surface area contributed by atoms with Gasteiger partial charge in [0.15, 0.2) is 10.8 Å². The summed E-state index contributed by atoms with van der Waals surface area (Å²) in [6, 6.07) is 0.939. The van der Waals surface area contributed by atoms with E-state index in [0.29, 0.717) is 10.7 Å². The number of hydrogen-bond acceptors (Lipinski definition) is 7. The van der Waals surface area contributed by atoms with Gasteiger partial charge in [0, 0.05) is 36.0 Å². The van der Waals surface area contributed by atoms with Crippen LogP contribution in [0.2, 0.25) is 0 Å². The van der Waals surface area contributed by atoms with E-state index in [1.54, 1.807) is 12.3 Å². The Labute approximate surface area is 177 Å². The zero-order valence-electron chi connectivity index (χ0n) is 16.3. The third-order valence-corrected chi connectivity index (χ3v) is 5.92. The largest absolute Gasteiger partial charge is 0.377 e. The molecule has 1 saturated heterocycles. The van der Waals surface area contributed by atoms with E-state index in [4.69, 9.17) is 0 Å². The molecule has 13 heteroatoms. The van der Waals surface area contributed by atoms with E-state index in [1.165, 1.54) is 17.4 Å². The molecule has 6 nitrogen and oxygen atoms in total. The molecule has 0 bridgehead atoms. The monoisotopic (exact) mass is 467 g/mol. The maximum atomic E-state index is 13.7. The van der Waals surface area contributed by atoms with Gasteiger partial charge in [0.25, 0.3) is 0 Å². The van der Waals surface area contributed by atoms with Crippen LogP contribution in [0.1, 0.15) is 31.4 Å². The van der Waals surface area contributed by atoms with Crippen LogP contribution >= 0.6 is 11.3 Å². The van der Waals surface area contributed by atoms with Crippen LogP contribution in [0.25, 0.3) is 10.8 Å². The van der Waals surface area contributed by atoms with E-state index in [0.717, 1.165) is 4.90 Å². The molecule has 1 saturated carbocycles. The van der Waals surface area contributed by atoms with Crippen LogP contribution < -0.4 is 10.2 Å². The first-order chi connectivity index (χ1) is 14.4. The van der Waals surface area contributed by atoms with Crippen LogP contribution in [-0.2, 0) is 4.74 Å². The number of halogens is 6. The zero-order valence-corrected chi connectivity index (χ0v) is 17.2. The number of aromatic nitrogens is 3. The molecule has 0 atom stereocenters. The molecule has 31 heavy (non-hydrogen) atoms. The van der Waals surface area contributed by atoms with Crippen molar-refractivity contribution in [2.45, 2.75) is 56.8 Å². The molecular formula is C18H19F6N5OS. The molecule has 170 valence electrons. The van der Waals surface area contributed by atoms with Gasteiger partial charge in [-0.25, -0.2) is 23.7 Å². The van der Waals surface area contributed by atoms with Gasteiger partial charge in [0.1, 0.15) is 24.7 Å². The number of nitrogens with zero attached hydrogens (tertiary/aromatic N) is 4. The van der Waals surface area contributed by atoms with Gasteiger partial charge in [-0.1, -0.05) is 0 Å². The molecule has 0 radical (unpaired) electrons. The van der Waals surface area contributed by atoms with E-state index in [9.17, 15) is 26.3 Å². The van der Waals surface area contributed by atoms with Crippen molar-refractivity contribution >= 4 is 23.0 Å². The van der Waals surface area contributed by atoms with E-state index >= 15 is 0 Å². The topological polar surface area (TPSA) is 63.2 Å². The smallest absolute Gasteiger partial charge is 0.367 e. The van der Waals surface area contributed by atoms with Crippen LogP contribution in [-0.4, -0.2) is 52.2 Å². The van der Waals surface area contributed by atoms with Crippen molar-refractivity contribution < 1.29 is 31.1 Å². The van der Waals surface area contributed by atoms with Crippen molar-refractivity contribution in [3.05, 3.63) is 17.1 Å². The summed E-state index contributed by atoms with van der Waals surface area (Å²) in [7, 11) is 0. The van der Waals surface area contributed by atoms with Gasteiger partial charge in [-0.3, -0.25) is 4.74 Å². The molecule has 2 aliphatic rings. The Morgan fingerprint density at radius 3 is 2.26 bits per heavy atom. The number of hydrogen-bond donors (Lipinski definition) is 1. The third kappa shape index (κ3) is 5.37.